The molecule has 0 bridgehead atoms. The first kappa shape index (κ1) is 16.5. The summed E-state index contributed by atoms with van der Waals surface area (Å²) in [5.74, 6) is -2.29. The molecule has 0 aromatic heterocycles. The number of phenols is 1. The minimum Gasteiger partial charge on any atom is -0.505 e. The summed E-state index contributed by atoms with van der Waals surface area (Å²) in [5, 5.41) is 13.9. The SMILES string of the molecule is COc1ccc(C)c(NC(=O)Nc2c(C)ccc(O)c2F)c1F. The van der Waals surface area contributed by atoms with Crippen LogP contribution in [0, 0.1) is 25.5 Å². The van der Waals surface area contributed by atoms with Gasteiger partial charge >= 0.3 is 6.03 Å². The number of nitrogens with one attached hydrogen (secondary N) is 2. The number of anilines is 2. The van der Waals surface area contributed by atoms with Gasteiger partial charge in [0.1, 0.15) is 0 Å². The highest BCUT2D eigenvalue weighted by Crippen LogP contribution is 2.29. The maximum absolute atomic E-state index is 14.2. The molecule has 2 aromatic carbocycles. The Balaban J connectivity index is 2.26. The Bertz CT molecular complexity index is 763. The molecule has 0 aliphatic carbocycles. The standard InChI is InChI=1S/C16H16F2N2O3/c1-8-4-6-10(21)12(17)14(8)19-16(22)20-15-9(2)5-7-11(23-3)13(15)18/h4-7,21H,1-3H3,(H2,19,20,22). The molecule has 0 aliphatic heterocycles. The van der Waals surface area contributed by atoms with Crippen molar-refractivity contribution < 1.29 is 23.4 Å². The number of carbonyl (C=O) groups is 1. The van der Waals surface area contributed by atoms with E-state index in [0.29, 0.717) is 11.1 Å². The van der Waals surface area contributed by atoms with Crippen molar-refractivity contribution in [3.05, 3.63) is 47.0 Å². The van der Waals surface area contributed by atoms with Gasteiger partial charge in [0.25, 0.3) is 0 Å². The van der Waals surface area contributed by atoms with E-state index in [9.17, 15) is 18.7 Å². The number of urea groups is 1. The fraction of sp³-hybridized carbons (Fsp3) is 0.188. The topological polar surface area (TPSA) is 70.6 Å². The van der Waals surface area contributed by atoms with Crippen molar-refractivity contribution in [1.82, 2.24) is 0 Å². The number of aromatic hydroxyl groups is 1. The molecule has 5 nitrogen and oxygen atoms in total. The highest BCUT2D eigenvalue weighted by Gasteiger charge is 2.17. The summed E-state index contributed by atoms with van der Waals surface area (Å²) in [5.41, 5.74) is 0.647. The number of hydrogen-bond donors (Lipinski definition) is 3. The summed E-state index contributed by atoms with van der Waals surface area (Å²) in [7, 11) is 1.31. The summed E-state index contributed by atoms with van der Waals surface area (Å²) in [6, 6.07) is 4.81. The van der Waals surface area contributed by atoms with Crippen LogP contribution in [0.25, 0.3) is 0 Å². The normalized spacial score (nSPS) is 10.3. The van der Waals surface area contributed by atoms with E-state index in [1.54, 1.807) is 19.9 Å². The summed E-state index contributed by atoms with van der Waals surface area (Å²) >= 11 is 0. The first-order valence-corrected chi connectivity index (χ1v) is 6.74. The van der Waals surface area contributed by atoms with Gasteiger partial charge < -0.3 is 20.5 Å². The molecule has 23 heavy (non-hydrogen) atoms. The average molecular weight is 322 g/mol. The van der Waals surface area contributed by atoms with Gasteiger partial charge in [-0.15, -0.1) is 0 Å². The summed E-state index contributed by atoms with van der Waals surface area (Å²) in [4.78, 5) is 12.0. The molecule has 2 aromatic rings. The molecule has 0 saturated heterocycles. The molecule has 0 radical (unpaired) electrons. The van der Waals surface area contributed by atoms with Crippen molar-refractivity contribution in [3.63, 3.8) is 0 Å². The van der Waals surface area contributed by atoms with Crippen LogP contribution >= 0.6 is 0 Å². The Morgan fingerprint density at radius 2 is 1.52 bits per heavy atom. The first-order valence-electron chi connectivity index (χ1n) is 6.74. The number of hydrogen-bond acceptors (Lipinski definition) is 3. The van der Waals surface area contributed by atoms with Crippen LogP contribution in [0.4, 0.5) is 25.0 Å². The quantitative estimate of drug-likeness (QED) is 0.801. The van der Waals surface area contributed by atoms with Crippen LogP contribution in [0.15, 0.2) is 24.3 Å². The highest BCUT2D eigenvalue weighted by molar-refractivity contribution is 6.01. The van der Waals surface area contributed by atoms with Gasteiger partial charge in [-0.05, 0) is 37.1 Å². The van der Waals surface area contributed by atoms with Crippen LogP contribution in [0.2, 0.25) is 0 Å². The van der Waals surface area contributed by atoms with E-state index in [1.165, 1.54) is 25.3 Å². The lowest BCUT2D eigenvalue weighted by molar-refractivity contribution is 0.262. The smallest absolute Gasteiger partial charge is 0.323 e. The van der Waals surface area contributed by atoms with Crippen molar-refractivity contribution in [1.29, 1.82) is 0 Å². The molecule has 2 amide bonds. The number of ether oxygens (including phenoxy) is 1. The first-order chi connectivity index (χ1) is 10.8. The van der Waals surface area contributed by atoms with Crippen molar-refractivity contribution in [2.75, 3.05) is 17.7 Å². The zero-order valence-electron chi connectivity index (χ0n) is 12.8. The van der Waals surface area contributed by atoms with Crippen LogP contribution in [0.5, 0.6) is 11.5 Å². The second-order valence-corrected chi connectivity index (χ2v) is 4.94. The number of amides is 2. The van der Waals surface area contributed by atoms with Crippen LogP contribution in [0.1, 0.15) is 11.1 Å². The van der Waals surface area contributed by atoms with E-state index in [0.717, 1.165) is 0 Å². The van der Waals surface area contributed by atoms with E-state index in [1.807, 2.05) is 0 Å². The van der Waals surface area contributed by atoms with Gasteiger partial charge in [0.15, 0.2) is 23.1 Å². The molecular weight excluding hydrogens is 306 g/mol. The second kappa shape index (κ2) is 6.51. The average Bonchev–Trinajstić information content (AvgIpc) is 2.52. The molecule has 0 saturated carbocycles. The Morgan fingerprint density at radius 3 is 2.09 bits per heavy atom. The molecule has 3 N–H and O–H groups in total. The van der Waals surface area contributed by atoms with Crippen LogP contribution in [-0.4, -0.2) is 18.2 Å². The van der Waals surface area contributed by atoms with Gasteiger partial charge in [0, 0.05) is 0 Å². The number of rotatable bonds is 3. The minimum atomic E-state index is -0.956. The van der Waals surface area contributed by atoms with Gasteiger partial charge in [-0.1, -0.05) is 12.1 Å². The molecule has 0 aliphatic rings. The number of aryl methyl sites for hydroxylation is 2. The summed E-state index contributed by atoms with van der Waals surface area (Å²) < 4.78 is 32.9. The van der Waals surface area contributed by atoms with Gasteiger partial charge in [-0.3, -0.25) is 0 Å². The van der Waals surface area contributed by atoms with E-state index in [4.69, 9.17) is 4.74 Å². The number of carbonyl (C=O) groups excluding carboxylic acids is 1. The number of phenolic OH excluding ortho intramolecular Hbond substituents is 1. The van der Waals surface area contributed by atoms with E-state index < -0.39 is 23.4 Å². The molecule has 7 heteroatoms. The molecule has 0 atom stereocenters. The molecule has 2 rings (SSSR count). The molecule has 0 unspecified atom stereocenters. The lowest BCUT2D eigenvalue weighted by Crippen LogP contribution is -2.22. The van der Waals surface area contributed by atoms with Crippen LogP contribution < -0.4 is 15.4 Å². The molecule has 0 spiro atoms. The van der Waals surface area contributed by atoms with Gasteiger partial charge in [-0.2, -0.15) is 0 Å². The van der Waals surface area contributed by atoms with Gasteiger partial charge in [0.05, 0.1) is 18.5 Å². The second-order valence-electron chi connectivity index (χ2n) is 4.94. The molecule has 122 valence electrons. The Kier molecular flexibility index (Phi) is 4.68. The summed E-state index contributed by atoms with van der Waals surface area (Å²) in [6.45, 7) is 3.17. The zero-order chi connectivity index (χ0) is 17.1. The lowest BCUT2D eigenvalue weighted by Gasteiger charge is -2.14. The predicted molar refractivity (Wildman–Crippen MR) is 83.1 cm³/mol. The Hall–Kier alpha value is -2.83. The number of halogens is 2. The maximum Gasteiger partial charge on any atom is 0.323 e. The highest BCUT2D eigenvalue weighted by atomic mass is 19.1. The predicted octanol–water partition coefficient (Wildman–Crippen LogP) is 3.94. The maximum atomic E-state index is 14.2. The van der Waals surface area contributed by atoms with E-state index in [-0.39, 0.29) is 17.1 Å². The Morgan fingerprint density at radius 1 is 1.00 bits per heavy atom. The third-order valence-electron chi connectivity index (χ3n) is 3.34. The molecular formula is C16H16F2N2O3. The molecule has 0 fully saturated rings. The minimum absolute atomic E-state index is 0.0226. The fourth-order valence-electron chi connectivity index (χ4n) is 2.04. The van der Waals surface area contributed by atoms with E-state index >= 15 is 0 Å². The third kappa shape index (κ3) is 3.33. The summed E-state index contributed by atoms with van der Waals surface area (Å²) in [6.07, 6.45) is 0. The zero-order valence-corrected chi connectivity index (χ0v) is 12.8. The molecule has 0 heterocycles. The van der Waals surface area contributed by atoms with Gasteiger partial charge in [-0.25, -0.2) is 13.6 Å². The van der Waals surface area contributed by atoms with E-state index in [2.05, 4.69) is 10.6 Å². The van der Waals surface area contributed by atoms with Gasteiger partial charge in [0.2, 0.25) is 0 Å². The van der Waals surface area contributed by atoms with Crippen molar-refractivity contribution in [2.45, 2.75) is 13.8 Å². The van der Waals surface area contributed by atoms with Crippen LogP contribution in [-0.2, 0) is 0 Å². The number of benzene rings is 2. The monoisotopic (exact) mass is 322 g/mol. The largest absolute Gasteiger partial charge is 0.505 e. The lowest BCUT2D eigenvalue weighted by atomic mass is 10.1. The van der Waals surface area contributed by atoms with Crippen LogP contribution in [0.3, 0.4) is 0 Å². The number of methoxy groups -OCH3 is 1. The van der Waals surface area contributed by atoms with Crippen molar-refractivity contribution in [2.24, 2.45) is 0 Å². The fourth-order valence-corrected chi connectivity index (χ4v) is 2.04. The Labute approximate surface area is 131 Å². The van der Waals surface area contributed by atoms with Crippen molar-refractivity contribution >= 4 is 17.4 Å². The van der Waals surface area contributed by atoms with Crippen molar-refractivity contribution in [3.8, 4) is 11.5 Å². The third-order valence-corrected chi connectivity index (χ3v) is 3.34.